The van der Waals surface area contributed by atoms with Gasteiger partial charge in [-0.2, -0.15) is 0 Å². The van der Waals surface area contributed by atoms with Crippen molar-refractivity contribution in [3.63, 3.8) is 0 Å². The molecule has 1 N–H and O–H groups in total. The smallest absolute Gasteiger partial charge is 0.194 e. The number of aliphatic imine (C=N–C) groups is 1. The molecule has 0 aliphatic rings. The van der Waals surface area contributed by atoms with E-state index >= 15 is 0 Å². The molecule has 0 amide bonds. The molecule has 0 saturated heterocycles. The van der Waals surface area contributed by atoms with Crippen molar-refractivity contribution in [1.82, 2.24) is 15.2 Å². The van der Waals surface area contributed by atoms with Gasteiger partial charge in [0.25, 0.3) is 0 Å². The summed E-state index contributed by atoms with van der Waals surface area (Å²) in [5, 5.41) is 5.15. The van der Waals surface area contributed by atoms with Gasteiger partial charge in [0.2, 0.25) is 0 Å². The first kappa shape index (κ1) is 15.8. The minimum Gasteiger partial charge on any atom is -0.350 e. The quantitative estimate of drug-likeness (QED) is 0.693. The number of nitrogens with zero attached hydrogens (tertiary/aromatic N) is 3. The number of hydrogen-bond acceptors (Lipinski definition) is 3. The number of rotatable bonds is 4. The highest BCUT2D eigenvalue weighted by molar-refractivity contribution is 7.11. The van der Waals surface area contributed by atoms with Gasteiger partial charge in [0, 0.05) is 36.7 Å². The van der Waals surface area contributed by atoms with Crippen LogP contribution in [0.4, 0.5) is 0 Å². The molecule has 1 heterocycles. The lowest BCUT2D eigenvalue weighted by Crippen LogP contribution is -2.38. The highest BCUT2D eigenvalue weighted by Gasteiger charge is 2.09. The second-order valence-corrected chi connectivity index (χ2v) is 6.44. The van der Waals surface area contributed by atoms with Crippen LogP contribution in [0.1, 0.15) is 15.4 Å². The molecule has 0 aliphatic carbocycles. The predicted octanol–water partition coefficient (Wildman–Crippen LogP) is 3.31. The maximum Gasteiger partial charge on any atom is 0.194 e. The van der Waals surface area contributed by atoms with Crippen molar-refractivity contribution in [2.45, 2.75) is 20.0 Å². The standard InChI is InChI=1S/C15H19ClN4S/c1-11-8-18-14(21-11)9-19-15(17-2)20(3)10-12-6-4-5-7-13(12)16/h4-8H,9-10H2,1-3H3,(H,17,19). The van der Waals surface area contributed by atoms with E-state index in [1.165, 1.54) is 4.88 Å². The van der Waals surface area contributed by atoms with Gasteiger partial charge in [0.1, 0.15) is 5.01 Å². The van der Waals surface area contributed by atoms with Crippen molar-refractivity contribution in [3.8, 4) is 0 Å². The topological polar surface area (TPSA) is 40.5 Å². The first-order valence-corrected chi connectivity index (χ1v) is 7.86. The molecule has 6 heteroatoms. The molecular formula is C15H19ClN4S. The van der Waals surface area contributed by atoms with Crippen LogP contribution in [0.25, 0.3) is 0 Å². The molecule has 0 atom stereocenters. The van der Waals surface area contributed by atoms with E-state index in [4.69, 9.17) is 11.6 Å². The number of guanidine groups is 1. The Kier molecular flexibility index (Phi) is 5.59. The van der Waals surface area contributed by atoms with Gasteiger partial charge in [0.15, 0.2) is 5.96 Å². The number of aromatic nitrogens is 1. The summed E-state index contributed by atoms with van der Waals surface area (Å²) in [5.74, 6) is 0.822. The first-order valence-electron chi connectivity index (χ1n) is 6.66. The fraction of sp³-hybridized carbons (Fsp3) is 0.333. The monoisotopic (exact) mass is 322 g/mol. The maximum atomic E-state index is 6.20. The highest BCUT2D eigenvalue weighted by Crippen LogP contribution is 2.16. The summed E-state index contributed by atoms with van der Waals surface area (Å²) in [7, 11) is 3.77. The Hall–Kier alpha value is -1.59. The zero-order valence-corrected chi connectivity index (χ0v) is 14.0. The minimum atomic E-state index is 0.679. The predicted molar refractivity (Wildman–Crippen MR) is 90.0 cm³/mol. The van der Waals surface area contributed by atoms with Crippen LogP contribution in [0, 0.1) is 6.92 Å². The van der Waals surface area contributed by atoms with Crippen molar-refractivity contribution >= 4 is 28.9 Å². The normalized spacial score (nSPS) is 11.5. The lowest BCUT2D eigenvalue weighted by Gasteiger charge is -2.22. The molecule has 0 bridgehead atoms. The highest BCUT2D eigenvalue weighted by atomic mass is 35.5. The van der Waals surface area contributed by atoms with Gasteiger partial charge in [0.05, 0.1) is 6.54 Å². The van der Waals surface area contributed by atoms with Crippen LogP contribution in [0.5, 0.6) is 0 Å². The minimum absolute atomic E-state index is 0.679. The van der Waals surface area contributed by atoms with Crippen LogP contribution in [0.3, 0.4) is 0 Å². The second-order valence-electron chi connectivity index (χ2n) is 4.71. The van der Waals surface area contributed by atoms with E-state index in [0.29, 0.717) is 13.1 Å². The molecule has 0 fully saturated rings. The van der Waals surface area contributed by atoms with Crippen LogP contribution < -0.4 is 5.32 Å². The maximum absolute atomic E-state index is 6.20. The van der Waals surface area contributed by atoms with Crippen molar-refractivity contribution in [2.24, 2.45) is 4.99 Å². The third-order valence-corrected chi connectivity index (χ3v) is 4.29. The molecule has 2 aromatic rings. The number of thiazole rings is 1. The summed E-state index contributed by atoms with van der Waals surface area (Å²) < 4.78 is 0. The van der Waals surface area contributed by atoms with Gasteiger partial charge < -0.3 is 10.2 Å². The Balaban J connectivity index is 1.96. The van der Waals surface area contributed by atoms with Gasteiger partial charge in [-0.3, -0.25) is 4.99 Å². The fourth-order valence-electron chi connectivity index (χ4n) is 1.98. The number of halogens is 1. The Labute approximate surface area is 134 Å². The molecular weight excluding hydrogens is 304 g/mol. The summed E-state index contributed by atoms with van der Waals surface area (Å²) in [4.78, 5) is 11.9. The average molecular weight is 323 g/mol. The Morgan fingerprint density at radius 3 is 2.81 bits per heavy atom. The van der Waals surface area contributed by atoms with Gasteiger partial charge in [-0.25, -0.2) is 4.98 Å². The number of benzene rings is 1. The summed E-state index contributed by atoms with van der Waals surface area (Å²) in [6.45, 7) is 3.44. The Bertz CT molecular complexity index is 624. The number of aryl methyl sites for hydroxylation is 1. The van der Waals surface area contributed by atoms with E-state index in [0.717, 1.165) is 21.6 Å². The molecule has 112 valence electrons. The molecule has 1 aromatic carbocycles. The SMILES string of the molecule is CN=C(NCc1ncc(C)s1)N(C)Cc1ccccc1Cl. The summed E-state index contributed by atoms with van der Waals surface area (Å²) in [5.41, 5.74) is 1.08. The third-order valence-electron chi connectivity index (χ3n) is 3.01. The number of hydrogen-bond donors (Lipinski definition) is 1. The molecule has 0 unspecified atom stereocenters. The van der Waals surface area contributed by atoms with Crippen LogP contribution in [-0.2, 0) is 13.1 Å². The van der Waals surface area contributed by atoms with Crippen molar-refractivity contribution in [3.05, 3.63) is 50.9 Å². The first-order chi connectivity index (χ1) is 10.1. The zero-order valence-electron chi connectivity index (χ0n) is 12.4. The van der Waals surface area contributed by atoms with Crippen molar-refractivity contribution < 1.29 is 0 Å². The fourth-order valence-corrected chi connectivity index (χ4v) is 2.90. The van der Waals surface area contributed by atoms with E-state index in [9.17, 15) is 0 Å². The van der Waals surface area contributed by atoms with Crippen LogP contribution in [0.2, 0.25) is 5.02 Å². The summed E-state index contributed by atoms with van der Waals surface area (Å²) in [6.07, 6.45) is 1.89. The second kappa shape index (κ2) is 7.43. The Morgan fingerprint density at radius 1 is 1.43 bits per heavy atom. The third kappa shape index (κ3) is 4.44. The van der Waals surface area contributed by atoms with E-state index in [-0.39, 0.29) is 0 Å². The van der Waals surface area contributed by atoms with Gasteiger partial charge in [-0.1, -0.05) is 29.8 Å². The van der Waals surface area contributed by atoms with E-state index < -0.39 is 0 Å². The molecule has 0 radical (unpaired) electrons. The molecule has 0 saturated carbocycles. The summed E-state index contributed by atoms with van der Waals surface area (Å²) >= 11 is 7.89. The van der Waals surface area contributed by atoms with Gasteiger partial charge in [-0.15, -0.1) is 11.3 Å². The number of nitrogens with one attached hydrogen (secondary N) is 1. The molecule has 2 rings (SSSR count). The molecule has 21 heavy (non-hydrogen) atoms. The summed E-state index contributed by atoms with van der Waals surface area (Å²) in [6, 6.07) is 7.85. The van der Waals surface area contributed by atoms with Crippen LogP contribution in [-0.4, -0.2) is 29.9 Å². The molecule has 4 nitrogen and oxygen atoms in total. The average Bonchev–Trinajstić information content (AvgIpc) is 2.88. The zero-order chi connectivity index (χ0) is 15.2. The van der Waals surface area contributed by atoms with E-state index in [1.54, 1.807) is 18.4 Å². The molecule has 0 aliphatic heterocycles. The van der Waals surface area contributed by atoms with Gasteiger partial charge >= 0.3 is 0 Å². The molecule has 0 spiro atoms. The van der Waals surface area contributed by atoms with E-state index in [2.05, 4.69) is 22.2 Å². The lowest BCUT2D eigenvalue weighted by molar-refractivity contribution is 0.476. The van der Waals surface area contributed by atoms with Gasteiger partial charge in [-0.05, 0) is 18.6 Å². The molecule has 1 aromatic heterocycles. The Morgan fingerprint density at radius 2 is 2.19 bits per heavy atom. The van der Waals surface area contributed by atoms with Crippen molar-refractivity contribution in [2.75, 3.05) is 14.1 Å². The van der Waals surface area contributed by atoms with E-state index in [1.807, 2.05) is 42.4 Å². The van der Waals surface area contributed by atoms with Crippen molar-refractivity contribution in [1.29, 1.82) is 0 Å². The van der Waals surface area contributed by atoms with Crippen LogP contribution >= 0.6 is 22.9 Å². The lowest BCUT2D eigenvalue weighted by atomic mass is 10.2. The largest absolute Gasteiger partial charge is 0.350 e. The van der Waals surface area contributed by atoms with Crippen LogP contribution in [0.15, 0.2) is 35.5 Å².